The highest BCUT2D eigenvalue weighted by molar-refractivity contribution is 6.04. The van der Waals surface area contributed by atoms with Crippen molar-refractivity contribution in [1.29, 1.82) is 0 Å². The summed E-state index contributed by atoms with van der Waals surface area (Å²) in [6.45, 7) is 6.70. The summed E-state index contributed by atoms with van der Waals surface area (Å²) in [6, 6.07) is 0. The summed E-state index contributed by atoms with van der Waals surface area (Å²) in [6.07, 6.45) is 5.30. The van der Waals surface area contributed by atoms with E-state index in [2.05, 4.69) is 16.8 Å². The number of hydrogen-bond donors (Lipinski definition) is 0. The Hall–Kier alpha value is -2.16. The highest BCUT2D eigenvalue weighted by atomic mass is 16.7. The van der Waals surface area contributed by atoms with Crippen molar-refractivity contribution in [3.8, 4) is 11.8 Å². The van der Waals surface area contributed by atoms with Crippen LogP contribution in [0.4, 0.5) is 0 Å². The lowest BCUT2D eigenvalue weighted by Crippen LogP contribution is -2.29. The highest BCUT2D eigenvalue weighted by Gasteiger charge is 2.49. The van der Waals surface area contributed by atoms with E-state index in [1.165, 1.54) is 6.39 Å². The number of carbonyl (C=O) groups excluding carboxylic acids is 1. The van der Waals surface area contributed by atoms with Crippen molar-refractivity contribution in [1.82, 2.24) is 4.98 Å². The third-order valence-electron chi connectivity index (χ3n) is 4.40. The van der Waals surface area contributed by atoms with Gasteiger partial charge in [0.2, 0.25) is 5.78 Å². The Bertz CT molecular complexity index is 725. The van der Waals surface area contributed by atoms with E-state index in [0.29, 0.717) is 25.4 Å². The number of rotatable bonds is 3. The molecule has 1 fully saturated rings. The molecule has 0 N–H and O–H groups in total. The number of hydrogen-bond acceptors (Lipinski definition) is 5. The van der Waals surface area contributed by atoms with Crippen LogP contribution in [-0.4, -0.2) is 29.8 Å². The monoisotopic (exact) mass is 313 g/mol. The average molecular weight is 313 g/mol. The van der Waals surface area contributed by atoms with Crippen molar-refractivity contribution in [3.05, 3.63) is 35.6 Å². The Balaban J connectivity index is 2.02. The Morgan fingerprint density at radius 2 is 2.17 bits per heavy atom. The van der Waals surface area contributed by atoms with Gasteiger partial charge < -0.3 is 13.9 Å². The smallest absolute Gasteiger partial charge is 0.228 e. The van der Waals surface area contributed by atoms with Crippen molar-refractivity contribution in [3.63, 3.8) is 0 Å². The molecule has 0 aromatic carbocycles. The fourth-order valence-electron chi connectivity index (χ4n) is 3.34. The highest BCUT2D eigenvalue weighted by Crippen LogP contribution is 2.51. The number of aromatic nitrogens is 1. The van der Waals surface area contributed by atoms with Crippen LogP contribution in [0, 0.1) is 17.8 Å². The lowest BCUT2D eigenvalue weighted by Gasteiger charge is -2.24. The average Bonchev–Trinajstić information content (AvgIpc) is 3.23. The van der Waals surface area contributed by atoms with E-state index in [4.69, 9.17) is 13.9 Å². The topological polar surface area (TPSA) is 61.6 Å². The summed E-state index contributed by atoms with van der Waals surface area (Å²) in [4.78, 5) is 15.8. The van der Waals surface area contributed by atoms with Gasteiger partial charge in [-0.25, -0.2) is 4.98 Å². The zero-order chi connectivity index (χ0) is 16.4. The lowest BCUT2D eigenvalue weighted by atomic mass is 9.90. The number of oxazole rings is 1. The van der Waals surface area contributed by atoms with Crippen molar-refractivity contribution in [2.45, 2.75) is 33.0 Å². The van der Waals surface area contributed by atoms with Crippen LogP contribution in [0.25, 0.3) is 5.57 Å². The van der Waals surface area contributed by atoms with Crippen molar-refractivity contribution < 1.29 is 18.7 Å². The molecular formula is C18H19NO4. The van der Waals surface area contributed by atoms with Gasteiger partial charge >= 0.3 is 0 Å². The van der Waals surface area contributed by atoms with Gasteiger partial charge in [-0.15, -0.1) is 0 Å². The molecule has 23 heavy (non-hydrogen) atoms. The molecule has 0 bridgehead atoms. The summed E-state index contributed by atoms with van der Waals surface area (Å²) in [5.41, 5.74) is 2.88. The normalized spacial score (nSPS) is 23.3. The molecule has 0 radical (unpaired) electrons. The van der Waals surface area contributed by atoms with E-state index in [1.54, 1.807) is 19.2 Å². The predicted octanol–water partition coefficient (Wildman–Crippen LogP) is 2.75. The maximum Gasteiger partial charge on any atom is 0.228 e. The molecule has 1 saturated heterocycles. The number of ketones is 1. The summed E-state index contributed by atoms with van der Waals surface area (Å²) in [7, 11) is 0. The fraction of sp³-hybridized carbons (Fsp3) is 0.444. The Kier molecular flexibility index (Phi) is 4.20. The molecule has 1 spiro atoms. The first-order chi connectivity index (χ1) is 11.1. The second-order valence-corrected chi connectivity index (χ2v) is 5.74. The molecule has 5 nitrogen and oxygen atoms in total. The standard InChI is InChI=1S/C18H19NO4/c1-4-5-14(20)8-12(2)15-9-18(22-6-7-23-18)13(3)17(15)16-10-19-11-21-16/h8,10-11,15H,6-7,9H2,1-3H3/b12-8+/t15-/m1/s1. The zero-order valence-corrected chi connectivity index (χ0v) is 13.5. The molecular weight excluding hydrogens is 294 g/mol. The van der Waals surface area contributed by atoms with Crippen LogP contribution in [-0.2, 0) is 14.3 Å². The second-order valence-electron chi connectivity index (χ2n) is 5.74. The minimum absolute atomic E-state index is 0.0244. The Morgan fingerprint density at radius 3 is 2.78 bits per heavy atom. The summed E-state index contributed by atoms with van der Waals surface area (Å²) in [5, 5.41) is 0. The maximum atomic E-state index is 11.8. The van der Waals surface area contributed by atoms with E-state index in [0.717, 1.165) is 16.7 Å². The van der Waals surface area contributed by atoms with Gasteiger partial charge in [0, 0.05) is 17.9 Å². The number of allylic oxidation sites excluding steroid dienone is 3. The molecule has 1 aliphatic carbocycles. The Labute approximate surface area is 135 Å². The Morgan fingerprint density at radius 1 is 1.43 bits per heavy atom. The molecule has 2 heterocycles. The molecule has 3 rings (SSSR count). The summed E-state index contributed by atoms with van der Waals surface area (Å²) in [5.74, 6) is 4.91. The summed E-state index contributed by atoms with van der Waals surface area (Å²) < 4.78 is 17.3. The van der Waals surface area contributed by atoms with Crippen LogP contribution >= 0.6 is 0 Å². The molecule has 120 valence electrons. The minimum atomic E-state index is -0.721. The molecule has 2 aliphatic rings. The molecule has 1 aromatic heterocycles. The third kappa shape index (κ3) is 2.76. The first-order valence-electron chi connectivity index (χ1n) is 7.60. The van der Waals surface area contributed by atoms with Crippen LogP contribution in [0.2, 0.25) is 0 Å². The quantitative estimate of drug-likeness (QED) is 0.488. The van der Waals surface area contributed by atoms with Crippen LogP contribution in [0.3, 0.4) is 0 Å². The zero-order valence-electron chi connectivity index (χ0n) is 13.5. The maximum absolute atomic E-state index is 11.8. The van der Waals surface area contributed by atoms with Gasteiger partial charge in [-0.1, -0.05) is 11.5 Å². The number of ether oxygens (including phenoxy) is 2. The van der Waals surface area contributed by atoms with Crippen molar-refractivity contribution in [2.24, 2.45) is 5.92 Å². The first kappa shape index (κ1) is 15.7. The third-order valence-corrected chi connectivity index (χ3v) is 4.40. The van der Waals surface area contributed by atoms with E-state index in [1.807, 2.05) is 13.8 Å². The van der Waals surface area contributed by atoms with Crippen molar-refractivity contribution >= 4 is 11.4 Å². The predicted molar refractivity (Wildman–Crippen MR) is 84.1 cm³/mol. The van der Waals surface area contributed by atoms with Gasteiger partial charge in [0.1, 0.15) is 0 Å². The van der Waals surface area contributed by atoms with Gasteiger partial charge in [-0.2, -0.15) is 0 Å². The van der Waals surface area contributed by atoms with E-state index in [-0.39, 0.29) is 11.7 Å². The molecule has 5 heteroatoms. The van der Waals surface area contributed by atoms with Crippen LogP contribution in [0.5, 0.6) is 0 Å². The number of carbonyl (C=O) groups is 1. The minimum Gasteiger partial charge on any atom is -0.444 e. The van der Waals surface area contributed by atoms with Gasteiger partial charge in [-0.05, 0) is 38.3 Å². The largest absolute Gasteiger partial charge is 0.444 e. The van der Waals surface area contributed by atoms with Gasteiger partial charge in [-0.3, -0.25) is 4.79 Å². The number of nitrogens with zero attached hydrogens (tertiary/aromatic N) is 1. The van der Waals surface area contributed by atoms with Crippen molar-refractivity contribution in [2.75, 3.05) is 13.2 Å². The molecule has 1 aromatic rings. The first-order valence-corrected chi connectivity index (χ1v) is 7.60. The molecule has 1 atom stereocenters. The molecule has 0 amide bonds. The van der Waals surface area contributed by atoms with Crippen LogP contribution < -0.4 is 0 Å². The van der Waals surface area contributed by atoms with Gasteiger partial charge in [0.15, 0.2) is 17.9 Å². The fourth-order valence-corrected chi connectivity index (χ4v) is 3.34. The molecule has 0 saturated carbocycles. The van der Waals surface area contributed by atoms with Crippen LogP contribution in [0.1, 0.15) is 33.0 Å². The SMILES string of the molecule is CC#CC(=O)/C=C(\C)[C@H]1CC2(OCCO2)C(C)=C1c1cnco1. The van der Waals surface area contributed by atoms with Gasteiger partial charge in [0.05, 0.1) is 19.4 Å². The summed E-state index contributed by atoms with van der Waals surface area (Å²) >= 11 is 0. The lowest BCUT2D eigenvalue weighted by molar-refractivity contribution is -0.127. The molecule has 0 unspecified atom stereocenters. The van der Waals surface area contributed by atoms with Crippen LogP contribution in [0.15, 0.2) is 34.2 Å². The van der Waals surface area contributed by atoms with E-state index >= 15 is 0 Å². The van der Waals surface area contributed by atoms with E-state index in [9.17, 15) is 4.79 Å². The molecule has 1 aliphatic heterocycles. The van der Waals surface area contributed by atoms with E-state index < -0.39 is 5.79 Å². The second kappa shape index (κ2) is 6.15. The van der Waals surface area contributed by atoms with Gasteiger partial charge in [0.25, 0.3) is 0 Å².